The summed E-state index contributed by atoms with van der Waals surface area (Å²) >= 11 is 0. The lowest BCUT2D eigenvalue weighted by Gasteiger charge is -2.37. The predicted octanol–water partition coefficient (Wildman–Crippen LogP) is 2.32. The molecule has 5 atom stereocenters. The van der Waals surface area contributed by atoms with E-state index >= 15 is 0 Å². The first-order valence-corrected chi connectivity index (χ1v) is 13.2. The first kappa shape index (κ1) is 27.5. The Bertz CT molecular complexity index is 1250. The van der Waals surface area contributed by atoms with Gasteiger partial charge in [-0.05, 0) is 41.2 Å². The van der Waals surface area contributed by atoms with Gasteiger partial charge in [-0.3, -0.25) is 14.4 Å². The van der Waals surface area contributed by atoms with Gasteiger partial charge in [0.05, 0.1) is 6.61 Å². The molecule has 0 bridgehead atoms. The Labute approximate surface area is 223 Å². The second kappa shape index (κ2) is 9.96. The van der Waals surface area contributed by atoms with Crippen molar-refractivity contribution in [2.45, 2.75) is 66.1 Å². The lowest BCUT2D eigenvalue weighted by molar-refractivity contribution is -0.144. The third kappa shape index (κ3) is 5.08. The van der Waals surface area contributed by atoms with Crippen LogP contribution in [0.5, 0.6) is 0 Å². The van der Waals surface area contributed by atoms with Crippen molar-refractivity contribution >= 4 is 34.7 Å². The molecule has 2 aliphatic rings. The maximum absolute atomic E-state index is 13.8. The average molecular weight is 526 g/mol. The number of H-pyrrole nitrogens is 1. The number of carbonyl (C=O) groups excluding carboxylic acids is 4. The van der Waals surface area contributed by atoms with Crippen LogP contribution in [-0.2, 0) is 25.5 Å². The molecule has 0 radical (unpaired) electrons. The number of piperidine rings is 1. The molecule has 10 heteroatoms. The molecule has 1 saturated carbocycles. The van der Waals surface area contributed by atoms with E-state index in [2.05, 4.69) is 29.5 Å². The van der Waals surface area contributed by atoms with E-state index in [1.165, 1.54) is 0 Å². The molecule has 38 heavy (non-hydrogen) atoms. The summed E-state index contributed by atoms with van der Waals surface area (Å²) in [7, 11) is 0. The Hall–Kier alpha value is -3.56. The molecule has 4 amide bonds. The summed E-state index contributed by atoms with van der Waals surface area (Å²) in [5.41, 5.74) is 6.76. The van der Waals surface area contributed by atoms with E-state index in [-0.39, 0.29) is 36.2 Å². The quantitative estimate of drug-likeness (QED) is 0.418. The summed E-state index contributed by atoms with van der Waals surface area (Å²) in [6.07, 6.45) is 1.35. The number of aromatic nitrogens is 1. The van der Waals surface area contributed by atoms with Gasteiger partial charge in [0.2, 0.25) is 17.7 Å². The zero-order valence-corrected chi connectivity index (χ0v) is 23.0. The Balaban J connectivity index is 1.57. The van der Waals surface area contributed by atoms with Gasteiger partial charge in [0.1, 0.15) is 18.1 Å². The standard InChI is InChI=1S/C28H39N5O5/c1-7-38-26(37)32-22(27(2,3)4)25(36)33-14-17-20(28(17,5)6)21(33)24(35)31-19(23(29)34)12-15-13-30-18-11-9-8-10-16(15)18/h8-11,13,17,19-22,30H,7,12,14H2,1-6H3,(H2,29,34)(H,31,35)(H,32,37)/t17?,19-,20+,21?,22+/m0/s1. The molecule has 2 unspecified atom stereocenters. The fourth-order valence-electron chi connectivity index (χ4n) is 5.92. The van der Waals surface area contributed by atoms with Gasteiger partial charge in [-0.2, -0.15) is 0 Å². The molecule has 1 saturated heterocycles. The number of nitrogens with zero attached hydrogens (tertiary/aromatic N) is 1. The number of alkyl carbamates (subject to hydrolysis) is 1. The highest BCUT2D eigenvalue weighted by molar-refractivity contribution is 5.95. The lowest BCUT2D eigenvalue weighted by Crippen LogP contribution is -2.60. The van der Waals surface area contributed by atoms with E-state index in [1.807, 2.05) is 51.2 Å². The molecule has 4 rings (SSSR count). The molecule has 2 heterocycles. The fraction of sp³-hybridized carbons (Fsp3) is 0.571. The van der Waals surface area contributed by atoms with Crippen LogP contribution in [0.3, 0.4) is 0 Å². The highest BCUT2D eigenvalue weighted by Gasteiger charge is 2.69. The third-order valence-electron chi connectivity index (χ3n) is 8.17. The predicted molar refractivity (Wildman–Crippen MR) is 143 cm³/mol. The van der Waals surface area contributed by atoms with Crippen LogP contribution in [0.25, 0.3) is 10.9 Å². The van der Waals surface area contributed by atoms with Gasteiger partial charge in [-0.25, -0.2) is 4.79 Å². The molecule has 1 aliphatic carbocycles. The molecule has 2 fully saturated rings. The smallest absolute Gasteiger partial charge is 0.407 e. The Morgan fingerprint density at radius 2 is 1.87 bits per heavy atom. The summed E-state index contributed by atoms with van der Waals surface area (Å²) in [5.74, 6) is -1.32. The molecule has 206 valence electrons. The van der Waals surface area contributed by atoms with Crippen LogP contribution in [-0.4, -0.2) is 65.0 Å². The number of primary amides is 1. The maximum atomic E-state index is 13.8. The first-order valence-electron chi connectivity index (χ1n) is 13.2. The number of rotatable bonds is 8. The van der Waals surface area contributed by atoms with Gasteiger partial charge in [-0.15, -0.1) is 0 Å². The summed E-state index contributed by atoms with van der Waals surface area (Å²) in [5, 5.41) is 6.49. The molecule has 1 aliphatic heterocycles. The van der Waals surface area contributed by atoms with E-state index in [0.29, 0.717) is 6.54 Å². The number of nitrogens with one attached hydrogen (secondary N) is 3. The second-order valence-electron chi connectivity index (χ2n) is 12.1. The zero-order valence-electron chi connectivity index (χ0n) is 23.0. The summed E-state index contributed by atoms with van der Waals surface area (Å²) in [6, 6.07) is 5.08. The lowest BCUT2D eigenvalue weighted by atomic mass is 9.85. The number of para-hydroxylation sites is 1. The highest BCUT2D eigenvalue weighted by atomic mass is 16.5. The number of ether oxygens (including phenoxy) is 1. The van der Waals surface area contributed by atoms with Gasteiger partial charge in [0, 0.05) is 30.1 Å². The minimum Gasteiger partial charge on any atom is -0.450 e. The Morgan fingerprint density at radius 3 is 2.50 bits per heavy atom. The van der Waals surface area contributed by atoms with E-state index in [9.17, 15) is 19.2 Å². The van der Waals surface area contributed by atoms with Crippen LogP contribution in [0.4, 0.5) is 4.79 Å². The molecular weight excluding hydrogens is 486 g/mol. The average Bonchev–Trinajstić information content (AvgIpc) is 3.19. The van der Waals surface area contributed by atoms with Crippen LogP contribution >= 0.6 is 0 Å². The van der Waals surface area contributed by atoms with Gasteiger partial charge >= 0.3 is 6.09 Å². The molecule has 1 aromatic carbocycles. The van der Waals surface area contributed by atoms with Crippen LogP contribution in [0.1, 0.15) is 47.1 Å². The summed E-state index contributed by atoms with van der Waals surface area (Å²) in [6.45, 7) is 12.0. The van der Waals surface area contributed by atoms with E-state index in [4.69, 9.17) is 10.5 Å². The van der Waals surface area contributed by atoms with Crippen molar-refractivity contribution in [3.63, 3.8) is 0 Å². The van der Waals surface area contributed by atoms with E-state index in [1.54, 1.807) is 11.8 Å². The first-order chi connectivity index (χ1) is 17.8. The summed E-state index contributed by atoms with van der Waals surface area (Å²) in [4.78, 5) is 57.0. The van der Waals surface area contributed by atoms with Crippen molar-refractivity contribution in [3.8, 4) is 0 Å². The molecule has 2 aromatic rings. The van der Waals surface area contributed by atoms with Crippen molar-refractivity contribution in [1.82, 2.24) is 20.5 Å². The Kier molecular flexibility index (Phi) is 7.20. The minimum absolute atomic E-state index is 0.0590. The van der Waals surface area contributed by atoms with E-state index in [0.717, 1.165) is 16.5 Å². The van der Waals surface area contributed by atoms with Gasteiger partial charge in [0.25, 0.3) is 0 Å². The largest absolute Gasteiger partial charge is 0.450 e. The third-order valence-corrected chi connectivity index (χ3v) is 8.17. The molecular formula is C28H39N5O5. The monoisotopic (exact) mass is 525 g/mol. The number of likely N-dealkylation sites (tertiary alicyclic amines) is 1. The Morgan fingerprint density at radius 1 is 1.18 bits per heavy atom. The highest BCUT2D eigenvalue weighted by Crippen LogP contribution is 2.65. The van der Waals surface area contributed by atoms with Crippen LogP contribution in [0, 0.1) is 22.7 Å². The number of carbonyl (C=O) groups is 4. The van der Waals surface area contributed by atoms with Crippen molar-refractivity contribution in [2.24, 2.45) is 28.4 Å². The van der Waals surface area contributed by atoms with Crippen LogP contribution in [0.2, 0.25) is 0 Å². The number of hydrogen-bond donors (Lipinski definition) is 4. The molecule has 0 spiro atoms. The van der Waals surface area contributed by atoms with Crippen molar-refractivity contribution in [3.05, 3.63) is 36.0 Å². The number of amides is 4. The summed E-state index contributed by atoms with van der Waals surface area (Å²) < 4.78 is 5.02. The fourth-order valence-corrected chi connectivity index (χ4v) is 5.92. The van der Waals surface area contributed by atoms with Crippen molar-refractivity contribution in [2.75, 3.05) is 13.2 Å². The number of fused-ring (bicyclic) bond motifs is 2. The topological polar surface area (TPSA) is 147 Å². The number of aromatic amines is 1. The van der Waals surface area contributed by atoms with Crippen molar-refractivity contribution < 1.29 is 23.9 Å². The second-order valence-corrected chi connectivity index (χ2v) is 12.1. The number of nitrogens with two attached hydrogens (primary N) is 1. The van der Waals surface area contributed by atoms with E-state index < -0.39 is 41.4 Å². The minimum atomic E-state index is -0.948. The molecule has 1 aromatic heterocycles. The molecule has 5 N–H and O–H groups in total. The number of benzene rings is 1. The normalized spacial score (nSPS) is 23.3. The zero-order chi connectivity index (χ0) is 28.0. The van der Waals surface area contributed by atoms with Gasteiger partial charge in [-0.1, -0.05) is 52.8 Å². The SMILES string of the molecule is CCOC(=O)N[C@H](C(=O)N1CC2[C@H](C1C(=O)N[C@@H](Cc1c[nH]c3ccccc13)C(N)=O)C2(C)C)C(C)(C)C. The maximum Gasteiger partial charge on any atom is 0.407 e. The molecule has 10 nitrogen and oxygen atoms in total. The van der Waals surface area contributed by atoms with Crippen LogP contribution < -0.4 is 16.4 Å². The van der Waals surface area contributed by atoms with Crippen LogP contribution in [0.15, 0.2) is 30.5 Å². The van der Waals surface area contributed by atoms with Crippen molar-refractivity contribution in [1.29, 1.82) is 0 Å². The van der Waals surface area contributed by atoms with Gasteiger partial charge in [0.15, 0.2) is 0 Å². The van der Waals surface area contributed by atoms with Gasteiger partial charge < -0.3 is 31.0 Å². The number of hydrogen-bond acceptors (Lipinski definition) is 5.